The first-order chi connectivity index (χ1) is 10.7. The first-order valence-corrected chi connectivity index (χ1v) is 8.33. The second-order valence-electron chi connectivity index (χ2n) is 6.20. The zero-order valence-corrected chi connectivity index (χ0v) is 13.7. The van der Waals surface area contributed by atoms with Gasteiger partial charge in [-0.2, -0.15) is 0 Å². The number of likely N-dealkylation sites (N-methyl/N-ethyl adjacent to an activating group) is 1. The molecule has 0 aliphatic carbocycles. The minimum absolute atomic E-state index is 0.113. The molecule has 1 saturated heterocycles. The Balaban J connectivity index is 1.98. The molecule has 122 valence electrons. The first kappa shape index (κ1) is 17.0. The molecule has 22 heavy (non-hydrogen) atoms. The van der Waals surface area contributed by atoms with Crippen molar-refractivity contribution in [3.05, 3.63) is 35.9 Å². The Kier molecular flexibility index (Phi) is 6.40. The smallest absolute Gasteiger partial charge is 0.239 e. The van der Waals surface area contributed by atoms with E-state index in [1.54, 1.807) is 0 Å². The fourth-order valence-electron chi connectivity index (χ4n) is 3.17. The van der Waals surface area contributed by atoms with E-state index in [2.05, 4.69) is 17.0 Å². The number of amides is 1. The van der Waals surface area contributed by atoms with Crippen LogP contribution in [-0.4, -0.2) is 53.1 Å². The maximum absolute atomic E-state index is 12.8. The highest BCUT2D eigenvalue weighted by Crippen LogP contribution is 2.19. The number of hydrogen-bond acceptors (Lipinski definition) is 3. The van der Waals surface area contributed by atoms with Crippen LogP contribution in [0.2, 0.25) is 0 Å². The van der Waals surface area contributed by atoms with E-state index in [1.807, 2.05) is 36.9 Å². The fraction of sp³-hybridized carbons (Fsp3) is 0.611. The SMILES string of the molecule is CCN(Cc1ccccc1)C(=O)C(C)N1CCCC(CO)C1. The average Bonchev–Trinajstić information content (AvgIpc) is 2.59. The van der Waals surface area contributed by atoms with Gasteiger partial charge in [0, 0.05) is 26.2 Å². The maximum atomic E-state index is 12.8. The Labute approximate surface area is 133 Å². The molecule has 4 heteroatoms. The third-order valence-corrected chi connectivity index (χ3v) is 4.62. The molecule has 2 rings (SSSR count). The molecule has 1 aromatic rings. The van der Waals surface area contributed by atoms with Gasteiger partial charge < -0.3 is 10.0 Å². The molecule has 0 radical (unpaired) electrons. The number of rotatable bonds is 6. The molecule has 0 spiro atoms. The van der Waals surface area contributed by atoms with Gasteiger partial charge >= 0.3 is 0 Å². The van der Waals surface area contributed by atoms with Crippen molar-refractivity contribution in [2.45, 2.75) is 39.3 Å². The van der Waals surface area contributed by atoms with Crippen molar-refractivity contribution in [3.8, 4) is 0 Å². The summed E-state index contributed by atoms with van der Waals surface area (Å²) in [6, 6.07) is 10.0. The molecule has 2 unspecified atom stereocenters. The summed E-state index contributed by atoms with van der Waals surface area (Å²) in [5.41, 5.74) is 1.16. The van der Waals surface area contributed by atoms with Crippen LogP contribution in [0.25, 0.3) is 0 Å². The molecular weight excluding hydrogens is 276 g/mol. The normalized spacial score (nSPS) is 20.6. The van der Waals surface area contributed by atoms with Crippen LogP contribution in [0.1, 0.15) is 32.3 Å². The van der Waals surface area contributed by atoms with Gasteiger partial charge in [-0.05, 0) is 44.7 Å². The fourth-order valence-corrected chi connectivity index (χ4v) is 3.17. The van der Waals surface area contributed by atoms with Crippen molar-refractivity contribution in [2.75, 3.05) is 26.2 Å². The number of nitrogens with zero attached hydrogens (tertiary/aromatic N) is 2. The van der Waals surface area contributed by atoms with Gasteiger partial charge in [0.25, 0.3) is 0 Å². The van der Waals surface area contributed by atoms with Gasteiger partial charge in [0.05, 0.1) is 6.04 Å². The third kappa shape index (κ3) is 4.31. The largest absolute Gasteiger partial charge is 0.396 e. The molecule has 0 bridgehead atoms. The highest BCUT2D eigenvalue weighted by atomic mass is 16.3. The number of carbonyl (C=O) groups excluding carboxylic acids is 1. The van der Waals surface area contributed by atoms with E-state index >= 15 is 0 Å². The highest BCUT2D eigenvalue weighted by Gasteiger charge is 2.29. The topological polar surface area (TPSA) is 43.8 Å². The van der Waals surface area contributed by atoms with E-state index in [9.17, 15) is 9.90 Å². The number of likely N-dealkylation sites (tertiary alicyclic amines) is 1. The van der Waals surface area contributed by atoms with Crippen LogP contribution in [0, 0.1) is 5.92 Å². The number of piperidine rings is 1. The van der Waals surface area contributed by atoms with Crippen LogP contribution in [0.4, 0.5) is 0 Å². The molecule has 1 aliphatic rings. The lowest BCUT2D eigenvalue weighted by molar-refractivity contribution is -0.137. The Morgan fingerprint density at radius 2 is 2.14 bits per heavy atom. The van der Waals surface area contributed by atoms with E-state index in [-0.39, 0.29) is 18.6 Å². The van der Waals surface area contributed by atoms with Gasteiger partial charge in [-0.25, -0.2) is 0 Å². The third-order valence-electron chi connectivity index (χ3n) is 4.62. The number of carbonyl (C=O) groups is 1. The second kappa shape index (κ2) is 8.30. The van der Waals surface area contributed by atoms with Crippen molar-refractivity contribution < 1.29 is 9.90 Å². The highest BCUT2D eigenvalue weighted by molar-refractivity contribution is 5.81. The van der Waals surface area contributed by atoms with Gasteiger partial charge in [-0.3, -0.25) is 9.69 Å². The van der Waals surface area contributed by atoms with Crippen LogP contribution in [-0.2, 0) is 11.3 Å². The summed E-state index contributed by atoms with van der Waals surface area (Å²) in [6.45, 7) is 7.40. The molecule has 1 aromatic carbocycles. The quantitative estimate of drug-likeness (QED) is 0.875. The summed E-state index contributed by atoms with van der Waals surface area (Å²) in [7, 11) is 0. The molecular formula is C18H28N2O2. The van der Waals surface area contributed by atoms with Crippen molar-refractivity contribution >= 4 is 5.91 Å². The molecule has 1 N–H and O–H groups in total. The predicted octanol–water partition coefficient (Wildman–Crippen LogP) is 2.13. The lowest BCUT2D eigenvalue weighted by atomic mass is 9.97. The lowest BCUT2D eigenvalue weighted by Gasteiger charge is -2.37. The standard InChI is InChI=1S/C18H28N2O2/c1-3-19(12-16-8-5-4-6-9-16)18(22)15(2)20-11-7-10-17(13-20)14-21/h4-6,8-9,15,17,21H,3,7,10-14H2,1-2H3. The van der Waals surface area contributed by atoms with E-state index in [4.69, 9.17) is 0 Å². The number of aliphatic hydroxyl groups excluding tert-OH is 1. The number of hydrogen-bond donors (Lipinski definition) is 1. The van der Waals surface area contributed by atoms with Crippen LogP contribution < -0.4 is 0 Å². The Morgan fingerprint density at radius 1 is 1.41 bits per heavy atom. The second-order valence-corrected chi connectivity index (χ2v) is 6.20. The number of aliphatic hydroxyl groups is 1. The van der Waals surface area contributed by atoms with Gasteiger partial charge in [0.1, 0.15) is 0 Å². The summed E-state index contributed by atoms with van der Waals surface area (Å²) < 4.78 is 0. The van der Waals surface area contributed by atoms with Gasteiger partial charge in [0.15, 0.2) is 0 Å². The molecule has 4 nitrogen and oxygen atoms in total. The monoisotopic (exact) mass is 304 g/mol. The molecule has 0 aromatic heterocycles. The molecule has 1 aliphatic heterocycles. The van der Waals surface area contributed by atoms with Gasteiger partial charge in [0.2, 0.25) is 5.91 Å². The molecule has 1 fully saturated rings. The van der Waals surface area contributed by atoms with E-state index in [0.717, 1.165) is 38.0 Å². The minimum atomic E-state index is -0.113. The molecule has 2 atom stereocenters. The Morgan fingerprint density at radius 3 is 2.77 bits per heavy atom. The molecule has 1 heterocycles. The lowest BCUT2D eigenvalue weighted by Crippen LogP contribution is -2.50. The van der Waals surface area contributed by atoms with E-state index in [0.29, 0.717) is 12.5 Å². The summed E-state index contributed by atoms with van der Waals surface area (Å²) in [5, 5.41) is 9.36. The van der Waals surface area contributed by atoms with E-state index in [1.165, 1.54) is 0 Å². The van der Waals surface area contributed by atoms with Crippen molar-refractivity contribution in [1.82, 2.24) is 9.80 Å². The van der Waals surface area contributed by atoms with Gasteiger partial charge in [-0.1, -0.05) is 30.3 Å². The van der Waals surface area contributed by atoms with Crippen LogP contribution in [0.5, 0.6) is 0 Å². The van der Waals surface area contributed by atoms with Crippen molar-refractivity contribution in [1.29, 1.82) is 0 Å². The minimum Gasteiger partial charge on any atom is -0.396 e. The molecule has 0 saturated carbocycles. The van der Waals surface area contributed by atoms with Crippen LogP contribution >= 0.6 is 0 Å². The van der Waals surface area contributed by atoms with Gasteiger partial charge in [-0.15, -0.1) is 0 Å². The van der Waals surface area contributed by atoms with Crippen LogP contribution in [0.15, 0.2) is 30.3 Å². The van der Waals surface area contributed by atoms with Crippen LogP contribution in [0.3, 0.4) is 0 Å². The Bertz CT molecular complexity index is 463. The summed E-state index contributed by atoms with van der Waals surface area (Å²) in [4.78, 5) is 16.9. The summed E-state index contributed by atoms with van der Waals surface area (Å²) in [6.07, 6.45) is 2.13. The maximum Gasteiger partial charge on any atom is 0.239 e. The predicted molar refractivity (Wildman–Crippen MR) is 88.4 cm³/mol. The molecule has 1 amide bonds. The van der Waals surface area contributed by atoms with Crippen molar-refractivity contribution in [3.63, 3.8) is 0 Å². The summed E-state index contributed by atoms with van der Waals surface area (Å²) in [5.74, 6) is 0.498. The zero-order valence-electron chi connectivity index (χ0n) is 13.7. The summed E-state index contributed by atoms with van der Waals surface area (Å²) >= 11 is 0. The van der Waals surface area contributed by atoms with Crippen molar-refractivity contribution in [2.24, 2.45) is 5.92 Å². The number of benzene rings is 1. The first-order valence-electron chi connectivity index (χ1n) is 8.33. The Hall–Kier alpha value is -1.39. The average molecular weight is 304 g/mol. The van der Waals surface area contributed by atoms with E-state index < -0.39 is 0 Å². The zero-order chi connectivity index (χ0) is 15.9.